The zero-order valence-electron chi connectivity index (χ0n) is 21.8. The Morgan fingerprint density at radius 2 is 1.82 bits per heavy atom. The summed E-state index contributed by atoms with van der Waals surface area (Å²) in [6, 6.07) is 0. The number of allylic oxidation sites excluding steroid dienone is 1. The van der Waals surface area contributed by atoms with Crippen LogP contribution in [-0.2, 0) is 9.53 Å². The molecule has 1 amide bonds. The number of ether oxygens (including phenoxy) is 1. The summed E-state index contributed by atoms with van der Waals surface area (Å²) in [6.45, 7) is 13.7. The van der Waals surface area contributed by atoms with Crippen molar-refractivity contribution in [2.24, 2.45) is 28.6 Å². The van der Waals surface area contributed by atoms with Crippen molar-refractivity contribution >= 4 is 24.3 Å². The number of nitrogens with one attached hydrogen (secondary N) is 1. The summed E-state index contributed by atoms with van der Waals surface area (Å²) >= 11 is 0. The van der Waals surface area contributed by atoms with Gasteiger partial charge in [-0.15, -0.1) is 19.0 Å². The van der Waals surface area contributed by atoms with Crippen LogP contribution in [0, 0.1) is 28.6 Å². The molecule has 0 radical (unpaired) electrons. The van der Waals surface area contributed by atoms with Crippen LogP contribution in [0.4, 0.5) is 4.79 Å². The highest BCUT2D eigenvalue weighted by Gasteiger charge is 2.76. The van der Waals surface area contributed by atoms with E-state index in [1.54, 1.807) is 19.9 Å². The van der Waals surface area contributed by atoms with Gasteiger partial charge in [0.2, 0.25) is 5.79 Å². The normalized spacial score (nSPS) is 37.7. The SMILES string of the molecule is C=C[C@@H](C)CC(=O)[C@@]1(O)[C@@H](C)C[C@@H](O)[C@H]2C(C)(C)CC[C@@](O)(OC(=O)NCCN(C)C)[C@@]21C.Cl. The fraction of sp³-hybridized carbons (Fsp3) is 0.840. The van der Waals surface area contributed by atoms with Gasteiger partial charge in [-0.05, 0) is 51.1 Å². The third kappa shape index (κ3) is 5.16. The largest absolute Gasteiger partial charge is 0.416 e. The van der Waals surface area contributed by atoms with Crippen LogP contribution in [0.2, 0.25) is 0 Å². The zero-order valence-corrected chi connectivity index (χ0v) is 22.6. The summed E-state index contributed by atoms with van der Waals surface area (Å²) in [5.41, 5.74) is -4.15. The molecule has 0 bridgehead atoms. The maximum Gasteiger partial charge on any atom is 0.409 e. The van der Waals surface area contributed by atoms with E-state index in [0.717, 1.165) is 0 Å². The molecule has 0 aromatic rings. The molecule has 2 saturated carbocycles. The van der Waals surface area contributed by atoms with Gasteiger partial charge in [-0.3, -0.25) is 4.79 Å². The number of aliphatic hydroxyl groups is 3. The summed E-state index contributed by atoms with van der Waals surface area (Å²) in [5, 5.41) is 37.9. The van der Waals surface area contributed by atoms with Gasteiger partial charge in [-0.2, -0.15) is 0 Å². The third-order valence-electron chi connectivity index (χ3n) is 8.29. The van der Waals surface area contributed by atoms with Gasteiger partial charge in [-0.1, -0.05) is 33.8 Å². The Labute approximate surface area is 210 Å². The second-order valence-corrected chi connectivity index (χ2v) is 11.4. The average molecular weight is 505 g/mol. The van der Waals surface area contributed by atoms with Crippen LogP contribution in [0.15, 0.2) is 12.7 Å². The molecular weight excluding hydrogens is 460 g/mol. The Morgan fingerprint density at radius 1 is 1.24 bits per heavy atom. The van der Waals surface area contributed by atoms with E-state index in [1.807, 2.05) is 39.8 Å². The number of amides is 1. The van der Waals surface area contributed by atoms with Crippen molar-refractivity contribution in [2.45, 2.75) is 77.8 Å². The van der Waals surface area contributed by atoms with E-state index in [4.69, 9.17) is 4.74 Å². The maximum atomic E-state index is 13.6. The first-order chi connectivity index (χ1) is 15.1. The standard InChI is InChI=1S/C25H44N2O6.ClH/c1-9-16(2)14-19(29)25(32)17(3)15-18(28)20-22(4,5)10-11-24(31,23(20,25)6)33-21(30)26-12-13-27(7)8;/h9,16-18,20,28,31-32H,1,10-15H2,2-8H3,(H,26,30);1H/t16-,17+,18-,20+,23-,24-,25+;/m1./s1. The number of hydrogen-bond donors (Lipinski definition) is 4. The molecule has 2 rings (SSSR count). The van der Waals surface area contributed by atoms with E-state index in [9.17, 15) is 24.9 Å². The molecule has 0 spiro atoms. The van der Waals surface area contributed by atoms with Gasteiger partial charge in [0.15, 0.2) is 5.78 Å². The van der Waals surface area contributed by atoms with Gasteiger partial charge in [0, 0.05) is 31.8 Å². The van der Waals surface area contributed by atoms with E-state index < -0.39 is 52.0 Å². The van der Waals surface area contributed by atoms with E-state index in [-0.39, 0.29) is 37.6 Å². The van der Waals surface area contributed by atoms with Crippen molar-refractivity contribution in [1.29, 1.82) is 0 Å². The molecule has 9 heteroatoms. The first kappa shape index (κ1) is 30.8. The van der Waals surface area contributed by atoms with Crippen LogP contribution in [0.5, 0.6) is 0 Å². The van der Waals surface area contributed by atoms with E-state index >= 15 is 0 Å². The van der Waals surface area contributed by atoms with E-state index in [0.29, 0.717) is 19.5 Å². The number of nitrogens with zero attached hydrogens (tertiary/aromatic N) is 1. The number of rotatable bonds is 8. The molecule has 0 aliphatic heterocycles. The summed E-state index contributed by atoms with van der Waals surface area (Å²) < 4.78 is 5.64. The number of aliphatic hydroxyl groups excluding tert-OH is 1. The summed E-state index contributed by atoms with van der Waals surface area (Å²) in [5.74, 6) is -4.09. The summed E-state index contributed by atoms with van der Waals surface area (Å²) in [4.78, 5) is 28.2. The van der Waals surface area contributed by atoms with Gasteiger partial charge in [-0.25, -0.2) is 4.79 Å². The minimum atomic E-state index is -2.15. The number of likely N-dealkylation sites (N-methyl/N-ethyl adjacent to an activating group) is 1. The number of halogens is 1. The highest BCUT2D eigenvalue weighted by molar-refractivity contribution is 5.89. The second kappa shape index (κ2) is 10.8. The molecule has 7 atom stereocenters. The fourth-order valence-corrected chi connectivity index (χ4v) is 6.38. The van der Waals surface area contributed by atoms with Crippen molar-refractivity contribution in [1.82, 2.24) is 10.2 Å². The zero-order chi connectivity index (χ0) is 25.4. The number of alkyl carbamates (subject to hydrolysis) is 1. The highest BCUT2D eigenvalue weighted by Crippen LogP contribution is 2.66. The number of hydrogen-bond acceptors (Lipinski definition) is 7. The lowest BCUT2D eigenvalue weighted by molar-refractivity contribution is -0.361. The van der Waals surface area contributed by atoms with Crippen LogP contribution >= 0.6 is 12.4 Å². The van der Waals surface area contributed by atoms with Crippen LogP contribution in [-0.4, -0.2) is 76.8 Å². The average Bonchev–Trinajstić information content (AvgIpc) is 2.68. The summed E-state index contributed by atoms with van der Waals surface area (Å²) in [7, 11) is 3.74. The molecule has 4 N–H and O–H groups in total. The Kier molecular flexibility index (Phi) is 9.82. The molecule has 2 fully saturated rings. The summed E-state index contributed by atoms with van der Waals surface area (Å²) in [6.07, 6.45) is 0.689. The molecule has 34 heavy (non-hydrogen) atoms. The molecule has 0 saturated heterocycles. The Balaban J connectivity index is 0.00000578. The van der Waals surface area contributed by atoms with Crippen LogP contribution in [0.1, 0.15) is 60.3 Å². The third-order valence-corrected chi connectivity index (χ3v) is 8.29. The smallest absolute Gasteiger partial charge is 0.409 e. The van der Waals surface area contributed by atoms with E-state index in [2.05, 4.69) is 11.9 Å². The quantitative estimate of drug-likeness (QED) is 0.296. The van der Waals surface area contributed by atoms with Crippen molar-refractivity contribution in [3.8, 4) is 0 Å². The van der Waals surface area contributed by atoms with Gasteiger partial charge in [0.1, 0.15) is 5.60 Å². The lowest BCUT2D eigenvalue weighted by atomic mass is 9.41. The van der Waals surface area contributed by atoms with Crippen molar-refractivity contribution in [2.75, 3.05) is 27.2 Å². The molecule has 0 aromatic heterocycles. The number of ketones is 1. The number of carbonyl (C=O) groups excluding carboxylic acids is 2. The van der Waals surface area contributed by atoms with Crippen molar-refractivity contribution < 1.29 is 29.6 Å². The van der Waals surface area contributed by atoms with E-state index in [1.165, 1.54) is 0 Å². The van der Waals surface area contributed by atoms with Gasteiger partial charge < -0.3 is 30.3 Å². The van der Waals surface area contributed by atoms with Gasteiger partial charge >= 0.3 is 6.09 Å². The minimum Gasteiger partial charge on any atom is -0.416 e. The molecule has 0 unspecified atom stereocenters. The lowest BCUT2D eigenvalue weighted by Crippen LogP contribution is -2.78. The predicted octanol–water partition coefficient (Wildman–Crippen LogP) is 2.74. The topological polar surface area (TPSA) is 119 Å². The number of Topliss-reactive ketones (excluding diaryl/α,β-unsaturated/α-hetero) is 1. The minimum absolute atomic E-state index is 0. The molecule has 0 aromatic carbocycles. The van der Waals surface area contributed by atoms with Crippen LogP contribution in [0.25, 0.3) is 0 Å². The fourth-order valence-electron chi connectivity index (χ4n) is 6.38. The van der Waals surface area contributed by atoms with Crippen LogP contribution < -0.4 is 5.32 Å². The second-order valence-electron chi connectivity index (χ2n) is 11.4. The van der Waals surface area contributed by atoms with Crippen LogP contribution in [0.3, 0.4) is 0 Å². The molecule has 2 aliphatic carbocycles. The Morgan fingerprint density at radius 3 is 2.35 bits per heavy atom. The number of carbonyl (C=O) groups is 2. The molecule has 198 valence electrons. The molecule has 2 aliphatic rings. The van der Waals surface area contributed by atoms with Crippen molar-refractivity contribution in [3.63, 3.8) is 0 Å². The maximum absolute atomic E-state index is 13.6. The Hall–Kier alpha value is -1.19. The molecule has 8 nitrogen and oxygen atoms in total. The lowest BCUT2D eigenvalue weighted by Gasteiger charge is -2.67. The first-order valence-corrected chi connectivity index (χ1v) is 12.0. The van der Waals surface area contributed by atoms with Crippen molar-refractivity contribution in [3.05, 3.63) is 12.7 Å². The van der Waals surface area contributed by atoms with Gasteiger partial charge in [0.25, 0.3) is 0 Å². The Bertz CT molecular complexity index is 762. The predicted molar refractivity (Wildman–Crippen MR) is 134 cm³/mol. The van der Waals surface area contributed by atoms with Gasteiger partial charge in [0.05, 0.1) is 11.5 Å². The molecular formula is C25H45ClN2O6. The number of fused-ring (bicyclic) bond motifs is 1. The monoisotopic (exact) mass is 504 g/mol. The highest BCUT2D eigenvalue weighted by atomic mass is 35.5. The molecule has 0 heterocycles. The first-order valence-electron chi connectivity index (χ1n) is 12.0.